The Morgan fingerprint density at radius 1 is 1.38 bits per heavy atom. The quantitative estimate of drug-likeness (QED) is 0.491. The van der Waals surface area contributed by atoms with Gasteiger partial charge in [0.25, 0.3) is 0 Å². The molecule has 3 rings (SSSR count). The SMILES string of the molecule is CCC(C)CCCC1C2C3(C)CCCC[N+]123. The van der Waals surface area contributed by atoms with Crippen molar-refractivity contribution in [2.45, 2.75) is 83.3 Å². The maximum atomic E-state index is 2.56. The van der Waals surface area contributed by atoms with Crippen LogP contribution in [0.5, 0.6) is 0 Å². The van der Waals surface area contributed by atoms with Crippen molar-refractivity contribution < 1.29 is 4.48 Å². The normalized spacial score (nSPS) is 50.4. The van der Waals surface area contributed by atoms with Crippen LogP contribution < -0.4 is 0 Å². The zero-order valence-corrected chi connectivity index (χ0v) is 11.3. The van der Waals surface area contributed by atoms with Crippen LogP contribution in [0, 0.1) is 5.92 Å². The predicted octanol–water partition coefficient (Wildman–Crippen LogP) is 3.73. The summed E-state index contributed by atoms with van der Waals surface area (Å²) in [6.07, 6.45) is 10.4. The summed E-state index contributed by atoms with van der Waals surface area (Å²) in [5, 5.41) is 0. The number of hydrogen-bond acceptors (Lipinski definition) is 0. The van der Waals surface area contributed by atoms with Gasteiger partial charge in [0.1, 0.15) is 6.04 Å². The molecule has 0 amide bonds. The van der Waals surface area contributed by atoms with E-state index >= 15 is 0 Å². The van der Waals surface area contributed by atoms with Crippen molar-refractivity contribution in [2.24, 2.45) is 5.92 Å². The van der Waals surface area contributed by atoms with Gasteiger partial charge in [-0.1, -0.05) is 26.7 Å². The van der Waals surface area contributed by atoms with Crippen LogP contribution in [0.15, 0.2) is 0 Å². The first-order valence-corrected chi connectivity index (χ1v) is 7.54. The summed E-state index contributed by atoms with van der Waals surface area (Å²) in [5.74, 6) is 0.956. The molecule has 5 atom stereocenters. The molecule has 3 aliphatic rings. The third kappa shape index (κ3) is 1.21. The van der Waals surface area contributed by atoms with Crippen molar-refractivity contribution >= 4 is 0 Å². The summed E-state index contributed by atoms with van der Waals surface area (Å²) in [6, 6.07) is 2.22. The third-order valence-corrected chi connectivity index (χ3v) is 6.24. The molecule has 0 aliphatic carbocycles. The minimum Gasteiger partial charge on any atom is -0.294 e. The fraction of sp³-hybridized carbons (Fsp3) is 1.00. The second kappa shape index (κ2) is 3.48. The Kier molecular flexibility index (Phi) is 2.41. The molecule has 1 nitrogen and oxygen atoms in total. The van der Waals surface area contributed by atoms with Gasteiger partial charge in [0, 0.05) is 12.8 Å². The fourth-order valence-corrected chi connectivity index (χ4v) is 4.94. The van der Waals surface area contributed by atoms with Crippen LogP contribution in [-0.4, -0.2) is 28.7 Å². The van der Waals surface area contributed by atoms with Gasteiger partial charge in [0.05, 0.1) is 6.54 Å². The lowest BCUT2D eigenvalue weighted by Crippen LogP contribution is -2.43. The van der Waals surface area contributed by atoms with Crippen molar-refractivity contribution in [2.75, 3.05) is 6.54 Å². The van der Waals surface area contributed by atoms with Crippen LogP contribution in [0.3, 0.4) is 0 Å². The maximum Gasteiger partial charge on any atom is 0.197 e. The zero-order valence-electron chi connectivity index (χ0n) is 11.3. The van der Waals surface area contributed by atoms with Gasteiger partial charge < -0.3 is 0 Å². The van der Waals surface area contributed by atoms with E-state index in [1.807, 2.05) is 0 Å². The van der Waals surface area contributed by atoms with Crippen LogP contribution >= 0.6 is 0 Å². The minimum absolute atomic E-state index is 0.777. The van der Waals surface area contributed by atoms with E-state index in [9.17, 15) is 0 Å². The largest absolute Gasteiger partial charge is 0.294 e. The first-order chi connectivity index (χ1) is 7.67. The minimum atomic E-state index is 0.777. The Bertz CT molecular complexity index is 287. The molecule has 3 aliphatic heterocycles. The zero-order chi connectivity index (χ0) is 11.4. The van der Waals surface area contributed by atoms with Crippen LogP contribution in [0.2, 0.25) is 0 Å². The highest BCUT2D eigenvalue weighted by Crippen LogP contribution is 2.74. The lowest BCUT2D eigenvalue weighted by molar-refractivity contribution is -0.767. The summed E-state index contributed by atoms with van der Waals surface area (Å²) < 4.78 is 1.58. The van der Waals surface area contributed by atoms with Crippen LogP contribution in [0.1, 0.15) is 65.7 Å². The standard InChI is InChI=1S/C15H28N/c1-4-12(2)8-7-9-13-14-15(3)10-5-6-11-16(13,14)15/h12-14H,4-11H2,1-3H3/q+1. The Morgan fingerprint density at radius 3 is 2.88 bits per heavy atom. The summed E-state index contributed by atoms with van der Waals surface area (Å²) in [4.78, 5) is 0. The summed E-state index contributed by atoms with van der Waals surface area (Å²) in [5.41, 5.74) is 0.777. The molecular formula is C15H28N+. The third-order valence-electron chi connectivity index (χ3n) is 6.24. The van der Waals surface area contributed by atoms with Gasteiger partial charge in [-0.25, -0.2) is 0 Å². The number of piperidine rings is 1. The van der Waals surface area contributed by atoms with Gasteiger partial charge >= 0.3 is 0 Å². The molecule has 0 bridgehead atoms. The van der Waals surface area contributed by atoms with Crippen molar-refractivity contribution in [3.63, 3.8) is 0 Å². The van der Waals surface area contributed by atoms with Gasteiger partial charge in [-0.05, 0) is 32.1 Å². The van der Waals surface area contributed by atoms with Crippen molar-refractivity contribution in [3.8, 4) is 0 Å². The number of fused-ring (bicyclic) bond motifs is 1. The number of rotatable bonds is 5. The molecule has 92 valence electrons. The Balaban J connectivity index is 1.45. The molecule has 0 aromatic carbocycles. The highest BCUT2D eigenvalue weighted by Gasteiger charge is 2.96. The van der Waals surface area contributed by atoms with E-state index in [0.29, 0.717) is 0 Å². The van der Waals surface area contributed by atoms with E-state index in [2.05, 4.69) is 20.8 Å². The molecule has 16 heavy (non-hydrogen) atoms. The molecule has 3 heterocycles. The lowest BCUT2D eigenvalue weighted by Gasteiger charge is -2.29. The molecule has 3 fully saturated rings. The molecule has 0 aromatic heterocycles. The molecule has 0 N–H and O–H groups in total. The van der Waals surface area contributed by atoms with Gasteiger partial charge in [0.15, 0.2) is 11.6 Å². The van der Waals surface area contributed by atoms with E-state index in [-0.39, 0.29) is 0 Å². The first kappa shape index (κ1) is 11.1. The molecule has 0 aromatic rings. The predicted molar refractivity (Wildman–Crippen MR) is 68.3 cm³/mol. The number of nitrogens with zero attached hydrogens (tertiary/aromatic N) is 1. The summed E-state index contributed by atoms with van der Waals surface area (Å²) >= 11 is 0. The van der Waals surface area contributed by atoms with Gasteiger partial charge in [-0.3, -0.25) is 4.48 Å². The monoisotopic (exact) mass is 222 g/mol. The molecule has 1 spiro atoms. The van der Waals surface area contributed by atoms with Crippen molar-refractivity contribution in [3.05, 3.63) is 0 Å². The maximum absolute atomic E-state index is 2.56. The van der Waals surface area contributed by atoms with Crippen molar-refractivity contribution in [1.82, 2.24) is 0 Å². The highest BCUT2D eigenvalue weighted by molar-refractivity contribution is 5.20. The van der Waals surface area contributed by atoms with Crippen molar-refractivity contribution in [1.29, 1.82) is 0 Å². The molecule has 3 saturated heterocycles. The van der Waals surface area contributed by atoms with Crippen LogP contribution in [-0.2, 0) is 0 Å². The average Bonchev–Trinajstić information content (AvgIpc) is 3.10. The molecular weight excluding hydrogens is 194 g/mol. The Morgan fingerprint density at radius 2 is 2.19 bits per heavy atom. The molecule has 1 heteroatoms. The van der Waals surface area contributed by atoms with E-state index < -0.39 is 0 Å². The fourth-order valence-electron chi connectivity index (χ4n) is 4.94. The van der Waals surface area contributed by atoms with Crippen LogP contribution in [0.25, 0.3) is 0 Å². The summed E-state index contributed by atoms with van der Waals surface area (Å²) in [7, 11) is 0. The molecule has 0 saturated carbocycles. The Hall–Kier alpha value is -0.0400. The van der Waals surface area contributed by atoms with Gasteiger partial charge in [-0.15, -0.1) is 0 Å². The van der Waals surface area contributed by atoms with E-state index in [0.717, 1.165) is 23.5 Å². The second-order valence-corrected chi connectivity index (χ2v) is 6.92. The van der Waals surface area contributed by atoms with E-state index in [1.165, 1.54) is 51.5 Å². The number of hydrogen-bond donors (Lipinski definition) is 0. The lowest BCUT2D eigenvalue weighted by atomic mass is 9.87. The average molecular weight is 222 g/mol. The molecule has 0 radical (unpaired) electrons. The van der Waals surface area contributed by atoms with E-state index in [1.54, 1.807) is 4.48 Å². The van der Waals surface area contributed by atoms with Crippen LogP contribution in [0.4, 0.5) is 0 Å². The topological polar surface area (TPSA) is 0 Å². The van der Waals surface area contributed by atoms with Gasteiger partial charge in [0.2, 0.25) is 0 Å². The highest BCUT2D eigenvalue weighted by atomic mass is 15.7. The smallest absolute Gasteiger partial charge is 0.197 e. The van der Waals surface area contributed by atoms with E-state index in [4.69, 9.17) is 0 Å². The molecule has 5 unspecified atom stereocenters. The Labute approximate surface area is 101 Å². The number of quaternary nitrogens is 1. The second-order valence-electron chi connectivity index (χ2n) is 6.92. The summed E-state index contributed by atoms with van der Waals surface area (Å²) in [6.45, 7) is 8.81. The van der Waals surface area contributed by atoms with Gasteiger partial charge in [-0.2, -0.15) is 0 Å². The first-order valence-electron chi connectivity index (χ1n) is 7.54.